The monoisotopic (exact) mass is 272 g/mol. The van der Waals surface area contributed by atoms with E-state index in [0.717, 1.165) is 12.8 Å². The Morgan fingerprint density at radius 1 is 1.53 bits per heavy atom. The number of halogens is 2. The van der Waals surface area contributed by atoms with Gasteiger partial charge in [0.1, 0.15) is 5.82 Å². The lowest BCUT2D eigenvalue weighted by atomic mass is 9.95. The maximum absolute atomic E-state index is 13.0. The molecule has 0 bridgehead atoms. The van der Waals surface area contributed by atoms with Gasteiger partial charge in [0.05, 0.1) is 4.47 Å². The molecule has 1 atom stereocenters. The Labute approximate surface area is 97.8 Å². The van der Waals surface area contributed by atoms with Gasteiger partial charge in [0.25, 0.3) is 0 Å². The van der Waals surface area contributed by atoms with E-state index in [0.29, 0.717) is 10.0 Å². The minimum absolute atomic E-state index is 0.00682. The average molecular weight is 273 g/mol. The number of ketones is 1. The first-order valence-electron chi connectivity index (χ1n) is 5.05. The van der Waals surface area contributed by atoms with Crippen molar-refractivity contribution in [3.63, 3.8) is 0 Å². The zero-order chi connectivity index (χ0) is 11.4. The van der Waals surface area contributed by atoms with E-state index in [2.05, 4.69) is 15.9 Å². The molecule has 3 heteroatoms. The Hall–Kier alpha value is -0.700. The second-order valence-electron chi connectivity index (χ2n) is 3.68. The first kappa shape index (κ1) is 12.4. The van der Waals surface area contributed by atoms with Crippen LogP contribution in [0, 0.1) is 11.7 Å². The highest BCUT2D eigenvalue weighted by atomic mass is 79.9. The van der Waals surface area contributed by atoms with Crippen molar-refractivity contribution in [2.75, 3.05) is 0 Å². The molecule has 1 rings (SSSR count). The maximum Gasteiger partial charge on any atom is 0.165 e. The Morgan fingerprint density at radius 2 is 2.20 bits per heavy atom. The normalized spacial score (nSPS) is 12.5. The summed E-state index contributed by atoms with van der Waals surface area (Å²) in [6, 6.07) is 4.40. The van der Waals surface area contributed by atoms with Crippen LogP contribution in [-0.4, -0.2) is 5.78 Å². The van der Waals surface area contributed by atoms with Gasteiger partial charge in [-0.05, 0) is 40.5 Å². The fourth-order valence-electron chi connectivity index (χ4n) is 1.50. The summed E-state index contributed by atoms with van der Waals surface area (Å²) in [7, 11) is 0. The Bertz CT molecular complexity index is 363. The number of Topliss-reactive ketones (excluding diaryl/α,β-unsaturated/α-hetero) is 1. The lowest BCUT2D eigenvalue weighted by Gasteiger charge is -2.09. The van der Waals surface area contributed by atoms with Crippen LogP contribution in [0.4, 0.5) is 4.39 Å². The summed E-state index contributed by atoms with van der Waals surface area (Å²) in [5.41, 5.74) is 0.573. The lowest BCUT2D eigenvalue weighted by Crippen LogP contribution is -2.11. The van der Waals surface area contributed by atoms with Crippen LogP contribution in [0.2, 0.25) is 0 Å². The first-order valence-corrected chi connectivity index (χ1v) is 5.84. The molecule has 0 heterocycles. The molecular weight excluding hydrogens is 259 g/mol. The quantitative estimate of drug-likeness (QED) is 0.751. The minimum Gasteiger partial charge on any atom is -0.294 e. The minimum atomic E-state index is -0.338. The van der Waals surface area contributed by atoms with Gasteiger partial charge >= 0.3 is 0 Å². The molecule has 1 nitrogen and oxygen atoms in total. The Morgan fingerprint density at radius 3 is 2.73 bits per heavy atom. The zero-order valence-corrected chi connectivity index (χ0v) is 10.5. The van der Waals surface area contributed by atoms with Gasteiger partial charge in [0.2, 0.25) is 0 Å². The second kappa shape index (κ2) is 5.40. The molecule has 0 aliphatic rings. The van der Waals surface area contributed by atoms with E-state index in [1.807, 2.05) is 13.8 Å². The van der Waals surface area contributed by atoms with Crippen LogP contribution in [0.5, 0.6) is 0 Å². The van der Waals surface area contributed by atoms with Crippen LogP contribution in [0.25, 0.3) is 0 Å². The topological polar surface area (TPSA) is 17.1 Å². The molecule has 0 saturated carbocycles. The molecule has 82 valence electrons. The SMILES string of the molecule is CCCC(C)C(=O)c1ccc(F)c(Br)c1. The van der Waals surface area contributed by atoms with E-state index in [9.17, 15) is 9.18 Å². The molecule has 15 heavy (non-hydrogen) atoms. The molecule has 0 aliphatic heterocycles. The molecule has 0 saturated heterocycles. The Kier molecular flexibility index (Phi) is 4.45. The molecule has 1 aromatic carbocycles. The molecule has 0 aliphatic carbocycles. The number of benzene rings is 1. The molecule has 0 aromatic heterocycles. The van der Waals surface area contributed by atoms with Gasteiger partial charge in [-0.1, -0.05) is 20.3 Å². The van der Waals surface area contributed by atoms with Crippen LogP contribution < -0.4 is 0 Å². The average Bonchev–Trinajstić information content (AvgIpc) is 2.21. The van der Waals surface area contributed by atoms with Crippen LogP contribution in [-0.2, 0) is 0 Å². The summed E-state index contributed by atoms with van der Waals surface area (Å²) in [5.74, 6) is -0.250. The van der Waals surface area contributed by atoms with E-state index in [-0.39, 0.29) is 17.5 Å². The van der Waals surface area contributed by atoms with Gasteiger partial charge in [-0.15, -0.1) is 0 Å². The van der Waals surface area contributed by atoms with Crippen LogP contribution >= 0.6 is 15.9 Å². The van der Waals surface area contributed by atoms with Gasteiger partial charge in [0.15, 0.2) is 5.78 Å². The standard InChI is InChI=1S/C12H14BrFO/c1-3-4-8(2)12(15)9-5-6-11(14)10(13)7-9/h5-8H,3-4H2,1-2H3. The molecule has 0 radical (unpaired) electrons. The number of carbonyl (C=O) groups is 1. The van der Waals surface area contributed by atoms with Gasteiger partial charge in [-0.3, -0.25) is 4.79 Å². The molecule has 0 N–H and O–H groups in total. The highest BCUT2D eigenvalue weighted by Gasteiger charge is 2.15. The third-order valence-corrected chi connectivity index (χ3v) is 2.98. The molecular formula is C12H14BrFO. The summed E-state index contributed by atoms with van der Waals surface area (Å²) in [6.45, 7) is 3.95. The van der Waals surface area contributed by atoms with Gasteiger partial charge in [-0.25, -0.2) is 4.39 Å². The van der Waals surface area contributed by atoms with E-state index in [1.165, 1.54) is 12.1 Å². The van der Waals surface area contributed by atoms with Crippen molar-refractivity contribution in [3.8, 4) is 0 Å². The van der Waals surface area contributed by atoms with Crippen LogP contribution in [0.15, 0.2) is 22.7 Å². The molecule has 0 amide bonds. The van der Waals surface area contributed by atoms with Gasteiger partial charge in [0, 0.05) is 11.5 Å². The predicted molar refractivity (Wildman–Crippen MR) is 62.5 cm³/mol. The summed E-state index contributed by atoms with van der Waals surface area (Å²) >= 11 is 3.08. The third kappa shape index (κ3) is 3.13. The van der Waals surface area contributed by atoms with E-state index >= 15 is 0 Å². The summed E-state index contributed by atoms with van der Waals surface area (Å²) in [5, 5.41) is 0. The van der Waals surface area contributed by atoms with Crippen molar-refractivity contribution in [2.24, 2.45) is 5.92 Å². The van der Waals surface area contributed by atoms with E-state index < -0.39 is 0 Å². The third-order valence-electron chi connectivity index (χ3n) is 2.37. The second-order valence-corrected chi connectivity index (χ2v) is 4.54. The molecule has 1 unspecified atom stereocenters. The van der Waals surface area contributed by atoms with Crippen molar-refractivity contribution >= 4 is 21.7 Å². The highest BCUT2D eigenvalue weighted by molar-refractivity contribution is 9.10. The van der Waals surface area contributed by atoms with E-state index in [1.54, 1.807) is 6.07 Å². The number of hydrogen-bond donors (Lipinski definition) is 0. The van der Waals surface area contributed by atoms with Crippen molar-refractivity contribution < 1.29 is 9.18 Å². The number of carbonyl (C=O) groups excluding carboxylic acids is 1. The number of hydrogen-bond acceptors (Lipinski definition) is 1. The molecule has 1 aromatic rings. The zero-order valence-electron chi connectivity index (χ0n) is 8.89. The fraction of sp³-hybridized carbons (Fsp3) is 0.417. The van der Waals surface area contributed by atoms with Crippen molar-refractivity contribution in [2.45, 2.75) is 26.7 Å². The van der Waals surface area contributed by atoms with Crippen molar-refractivity contribution in [1.29, 1.82) is 0 Å². The lowest BCUT2D eigenvalue weighted by molar-refractivity contribution is 0.0923. The molecule has 0 spiro atoms. The van der Waals surface area contributed by atoms with Gasteiger partial charge in [-0.2, -0.15) is 0 Å². The smallest absolute Gasteiger partial charge is 0.165 e. The number of rotatable bonds is 4. The molecule has 0 fully saturated rings. The summed E-state index contributed by atoms with van der Waals surface area (Å²) < 4.78 is 13.3. The van der Waals surface area contributed by atoms with Crippen LogP contribution in [0.3, 0.4) is 0 Å². The van der Waals surface area contributed by atoms with Gasteiger partial charge < -0.3 is 0 Å². The maximum atomic E-state index is 13.0. The fourth-order valence-corrected chi connectivity index (χ4v) is 1.88. The summed E-state index contributed by atoms with van der Waals surface area (Å²) in [4.78, 5) is 11.9. The van der Waals surface area contributed by atoms with Crippen molar-refractivity contribution in [3.05, 3.63) is 34.1 Å². The predicted octanol–water partition coefficient (Wildman–Crippen LogP) is 4.21. The first-order chi connectivity index (χ1) is 7.06. The van der Waals surface area contributed by atoms with Crippen molar-refractivity contribution in [1.82, 2.24) is 0 Å². The van der Waals surface area contributed by atoms with E-state index in [4.69, 9.17) is 0 Å². The largest absolute Gasteiger partial charge is 0.294 e. The highest BCUT2D eigenvalue weighted by Crippen LogP contribution is 2.20. The van der Waals surface area contributed by atoms with Crippen LogP contribution in [0.1, 0.15) is 37.0 Å². The Balaban J connectivity index is 2.87. The summed E-state index contributed by atoms with van der Waals surface area (Å²) in [6.07, 6.45) is 1.85.